The molecule has 1 amide bonds. The summed E-state index contributed by atoms with van der Waals surface area (Å²) < 4.78 is 39.2. The summed E-state index contributed by atoms with van der Waals surface area (Å²) in [6.07, 6.45) is 0. The third-order valence-corrected chi connectivity index (χ3v) is 6.29. The topological polar surface area (TPSA) is 84.9 Å². The fourth-order valence-corrected chi connectivity index (χ4v) is 4.39. The van der Waals surface area contributed by atoms with Crippen LogP contribution in [0.2, 0.25) is 0 Å². The summed E-state index contributed by atoms with van der Waals surface area (Å²) in [6, 6.07) is 9.62. The standard InChI is InChI=1S/C21H26N2O5S/c1-6-23-17-9-7-15(12-19(17)28-13-21(3,4)20(23)24)22-29(25,26)16-8-10-18(27-5)14(2)11-16/h7-12,22H,6,13H2,1-5H3. The summed E-state index contributed by atoms with van der Waals surface area (Å²) in [5, 5.41) is 0. The van der Waals surface area contributed by atoms with E-state index >= 15 is 0 Å². The smallest absolute Gasteiger partial charge is 0.261 e. The van der Waals surface area contributed by atoms with Crippen molar-refractivity contribution < 1.29 is 22.7 Å². The molecule has 0 aromatic heterocycles. The fourth-order valence-electron chi connectivity index (χ4n) is 3.26. The number of nitrogens with zero attached hydrogens (tertiary/aromatic N) is 1. The number of sulfonamides is 1. The van der Waals surface area contributed by atoms with E-state index in [0.29, 0.717) is 29.4 Å². The van der Waals surface area contributed by atoms with Crippen molar-refractivity contribution in [1.82, 2.24) is 0 Å². The lowest BCUT2D eigenvalue weighted by Crippen LogP contribution is -2.42. The maximum atomic E-state index is 12.8. The molecule has 0 saturated heterocycles. The average Bonchev–Trinajstić information content (AvgIpc) is 2.76. The van der Waals surface area contributed by atoms with Gasteiger partial charge in [-0.2, -0.15) is 0 Å². The van der Waals surface area contributed by atoms with Gasteiger partial charge in [-0.1, -0.05) is 0 Å². The fraction of sp³-hybridized carbons (Fsp3) is 0.381. The number of aryl methyl sites for hydroxylation is 1. The molecule has 29 heavy (non-hydrogen) atoms. The van der Waals surface area contributed by atoms with E-state index in [9.17, 15) is 13.2 Å². The van der Waals surface area contributed by atoms with Gasteiger partial charge in [0.15, 0.2) is 0 Å². The molecule has 0 fully saturated rings. The Bertz CT molecular complexity index is 1050. The maximum Gasteiger partial charge on any atom is 0.261 e. The van der Waals surface area contributed by atoms with Crippen molar-refractivity contribution in [2.75, 3.05) is 29.9 Å². The highest BCUT2D eigenvalue weighted by Crippen LogP contribution is 2.38. The number of anilines is 2. The van der Waals surface area contributed by atoms with E-state index < -0.39 is 15.4 Å². The molecular weight excluding hydrogens is 392 g/mol. The average molecular weight is 419 g/mol. The lowest BCUT2D eigenvalue weighted by Gasteiger charge is -2.26. The van der Waals surface area contributed by atoms with Crippen molar-refractivity contribution in [1.29, 1.82) is 0 Å². The SMILES string of the molecule is CCN1C(=O)C(C)(C)COc2cc(NS(=O)(=O)c3ccc(OC)c(C)c3)ccc21. The quantitative estimate of drug-likeness (QED) is 0.802. The molecular formula is C21H26N2O5S. The van der Waals surface area contributed by atoms with Crippen LogP contribution in [0.3, 0.4) is 0 Å². The highest BCUT2D eigenvalue weighted by molar-refractivity contribution is 7.92. The van der Waals surface area contributed by atoms with Gasteiger partial charge in [0.1, 0.15) is 18.1 Å². The molecule has 1 aliphatic rings. The van der Waals surface area contributed by atoms with Crippen molar-refractivity contribution in [3.63, 3.8) is 0 Å². The lowest BCUT2D eigenvalue weighted by molar-refractivity contribution is -0.127. The van der Waals surface area contributed by atoms with Crippen LogP contribution in [-0.2, 0) is 14.8 Å². The Morgan fingerprint density at radius 2 is 1.93 bits per heavy atom. The molecule has 0 aliphatic carbocycles. The van der Waals surface area contributed by atoms with E-state index in [1.807, 2.05) is 20.8 Å². The number of rotatable bonds is 5. The Labute approximate surface area is 171 Å². The molecule has 0 radical (unpaired) electrons. The zero-order chi connectivity index (χ0) is 21.4. The highest BCUT2D eigenvalue weighted by Gasteiger charge is 2.37. The molecule has 1 N–H and O–H groups in total. The van der Waals surface area contributed by atoms with Crippen LogP contribution in [-0.4, -0.2) is 34.6 Å². The van der Waals surface area contributed by atoms with Crippen molar-refractivity contribution in [3.05, 3.63) is 42.0 Å². The Morgan fingerprint density at radius 3 is 2.55 bits per heavy atom. The Kier molecular flexibility index (Phi) is 5.49. The molecule has 2 aromatic carbocycles. The first-order valence-electron chi connectivity index (χ1n) is 9.35. The van der Waals surface area contributed by atoms with Crippen molar-refractivity contribution in [3.8, 4) is 11.5 Å². The summed E-state index contributed by atoms with van der Waals surface area (Å²) >= 11 is 0. The van der Waals surface area contributed by atoms with Crippen LogP contribution in [0.4, 0.5) is 11.4 Å². The second-order valence-electron chi connectivity index (χ2n) is 7.64. The molecule has 0 saturated carbocycles. The van der Waals surface area contributed by atoms with Crippen molar-refractivity contribution in [2.45, 2.75) is 32.6 Å². The van der Waals surface area contributed by atoms with Crippen LogP contribution < -0.4 is 19.1 Å². The maximum absolute atomic E-state index is 12.8. The van der Waals surface area contributed by atoms with Gasteiger partial charge in [0.2, 0.25) is 5.91 Å². The molecule has 156 valence electrons. The van der Waals surface area contributed by atoms with Gasteiger partial charge < -0.3 is 14.4 Å². The van der Waals surface area contributed by atoms with E-state index in [2.05, 4.69) is 4.72 Å². The minimum Gasteiger partial charge on any atom is -0.496 e. The van der Waals surface area contributed by atoms with Crippen LogP contribution in [0, 0.1) is 12.3 Å². The summed E-state index contributed by atoms with van der Waals surface area (Å²) in [7, 11) is -2.25. The summed E-state index contributed by atoms with van der Waals surface area (Å²) in [5.41, 5.74) is 1.04. The van der Waals surface area contributed by atoms with E-state index in [4.69, 9.17) is 9.47 Å². The normalized spacial score (nSPS) is 15.9. The van der Waals surface area contributed by atoms with E-state index in [1.54, 1.807) is 42.2 Å². The van der Waals surface area contributed by atoms with Gasteiger partial charge in [0, 0.05) is 12.6 Å². The first-order valence-corrected chi connectivity index (χ1v) is 10.8. The number of hydrogen-bond donors (Lipinski definition) is 1. The summed E-state index contributed by atoms with van der Waals surface area (Å²) in [6.45, 7) is 8.05. The van der Waals surface area contributed by atoms with Crippen molar-refractivity contribution >= 4 is 27.3 Å². The van der Waals surface area contributed by atoms with Crippen LogP contribution in [0.25, 0.3) is 0 Å². The molecule has 0 atom stereocenters. The zero-order valence-electron chi connectivity index (χ0n) is 17.3. The third kappa shape index (κ3) is 4.03. The molecule has 1 aliphatic heterocycles. The van der Waals surface area contributed by atoms with Gasteiger partial charge in [0.25, 0.3) is 10.0 Å². The second-order valence-corrected chi connectivity index (χ2v) is 9.32. The largest absolute Gasteiger partial charge is 0.496 e. The van der Waals surface area contributed by atoms with Gasteiger partial charge in [-0.15, -0.1) is 0 Å². The number of fused-ring (bicyclic) bond motifs is 1. The van der Waals surface area contributed by atoms with Gasteiger partial charge >= 0.3 is 0 Å². The number of ether oxygens (including phenoxy) is 2. The van der Waals surface area contributed by atoms with Crippen LogP contribution in [0.1, 0.15) is 26.3 Å². The molecule has 0 bridgehead atoms. The van der Waals surface area contributed by atoms with Crippen LogP contribution in [0.5, 0.6) is 11.5 Å². The molecule has 3 rings (SSSR count). The molecule has 0 unspecified atom stereocenters. The summed E-state index contributed by atoms with van der Waals surface area (Å²) in [4.78, 5) is 14.6. The number of nitrogens with one attached hydrogen (secondary N) is 1. The third-order valence-electron chi connectivity index (χ3n) is 4.91. The van der Waals surface area contributed by atoms with E-state index in [-0.39, 0.29) is 17.4 Å². The monoisotopic (exact) mass is 418 g/mol. The Balaban J connectivity index is 1.93. The predicted molar refractivity (Wildman–Crippen MR) is 112 cm³/mol. The van der Waals surface area contributed by atoms with Crippen molar-refractivity contribution in [2.24, 2.45) is 5.41 Å². The number of carbonyl (C=O) groups is 1. The number of carbonyl (C=O) groups excluding carboxylic acids is 1. The molecule has 8 heteroatoms. The number of benzene rings is 2. The first-order chi connectivity index (χ1) is 13.6. The summed E-state index contributed by atoms with van der Waals surface area (Å²) in [5.74, 6) is 1.06. The minimum atomic E-state index is -3.79. The number of methoxy groups -OCH3 is 1. The number of amides is 1. The number of hydrogen-bond acceptors (Lipinski definition) is 5. The van der Waals surface area contributed by atoms with E-state index in [0.717, 1.165) is 5.56 Å². The molecule has 1 heterocycles. The van der Waals surface area contributed by atoms with Gasteiger partial charge in [-0.3, -0.25) is 9.52 Å². The Hall–Kier alpha value is -2.74. The molecule has 2 aromatic rings. The molecule has 0 spiro atoms. The predicted octanol–water partition coefficient (Wildman–Crippen LogP) is 3.58. The zero-order valence-corrected chi connectivity index (χ0v) is 18.1. The molecule has 7 nitrogen and oxygen atoms in total. The van der Waals surface area contributed by atoms with E-state index in [1.165, 1.54) is 13.2 Å². The second kappa shape index (κ2) is 7.59. The highest BCUT2D eigenvalue weighted by atomic mass is 32.2. The van der Waals surface area contributed by atoms with Gasteiger partial charge in [-0.05, 0) is 63.6 Å². The van der Waals surface area contributed by atoms with Gasteiger partial charge in [-0.25, -0.2) is 8.42 Å². The lowest BCUT2D eigenvalue weighted by atomic mass is 9.93. The minimum absolute atomic E-state index is 0.0270. The van der Waals surface area contributed by atoms with Crippen LogP contribution in [0.15, 0.2) is 41.3 Å². The van der Waals surface area contributed by atoms with Gasteiger partial charge in [0.05, 0.1) is 28.8 Å². The first kappa shape index (κ1) is 21.0. The Morgan fingerprint density at radius 1 is 1.21 bits per heavy atom. The van der Waals surface area contributed by atoms with Crippen LogP contribution >= 0.6 is 0 Å².